The van der Waals surface area contributed by atoms with Crippen LogP contribution in [0, 0.1) is 5.92 Å². The van der Waals surface area contributed by atoms with Crippen molar-refractivity contribution < 1.29 is 4.79 Å². The van der Waals surface area contributed by atoms with E-state index < -0.39 is 0 Å². The lowest BCUT2D eigenvalue weighted by Crippen LogP contribution is -2.36. The average molecular weight is 338 g/mol. The van der Waals surface area contributed by atoms with Gasteiger partial charge in [-0.15, -0.1) is 0 Å². The van der Waals surface area contributed by atoms with Crippen molar-refractivity contribution in [2.45, 2.75) is 26.8 Å². The van der Waals surface area contributed by atoms with Crippen LogP contribution in [0.2, 0.25) is 15.1 Å². The predicted molar refractivity (Wildman–Crippen MR) is 85.7 cm³/mol. The van der Waals surface area contributed by atoms with Gasteiger partial charge in [0.1, 0.15) is 0 Å². The first kappa shape index (κ1) is 17.6. The standard InChI is InChI=1S/C14H19Cl3N2O/c1-8(2)6-19-12(20)7-18-9(3)10-4-5-11(15)14(17)13(10)16/h4-5,8-9,18H,6-7H2,1-3H3,(H,19,20). The van der Waals surface area contributed by atoms with Crippen LogP contribution in [0.4, 0.5) is 0 Å². The van der Waals surface area contributed by atoms with Crippen molar-refractivity contribution in [1.29, 1.82) is 0 Å². The Labute approximate surface area is 135 Å². The molecule has 0 fully saturated rings. The van der Waals surface area contributed by atoms with Crippen molar-refractivity contribution in [3.63, 3.8) is 0 Å². The lowest BCUT2D eigenvalue weighted by Gasteiger charge is -2.17. The Morgan fingerprint density at radius 1 is 1.15 bits per heavy atom. The van der Waals surface area contributed by atoms with E-state index in [0.717, 1.165) is 5.56 Å². The second kappa shape index (κ2) is 8.08. The van der Waals surface area contributed by atoms with Crippen LogP contribution in [0.15, 0.2) is 12.1 Å². The summed E-state index contributed by atoms with van der Waals surface area (Å²) in [4.78, 5) is 11.6. The summed E-state index contributed by atoms with van der Waals surface area (Å²) < 4.78 is 0. The van der Waals surface area contributed by atoms with Gasteiger partial charge < -0.3 is 10.6 Å². The van der Waals surface area contributed by atoms with Crippen molar-refractivity contribution in [1.82, 2.24) is 10.6 Å². The first-order chi connectivity index (χ1) is 9.32. The minimum absolute atomic E-state index is 0.0401. The molecule has 1 aromatic rings. The minimum atomic E-state index is -0.0953. The van der Waals surface area contributed by atoms with Crippen LogP contribution in [-0.4, -0.2) is 19.0 Å². The van der Waals surface area contributed by atoms with Gasteiger partial charge >= 0.3 is 0 Å². The van der Waals surface area contributed by atoms with Crippen molar-refractivity contribution in [2.75, 3.05) is 13.1 Å². The fourth-order valence-corrected chi connectivity index (χ4v) is 2.32. The van der Waals surface area contributed by atoms with Crippen LogP contribution < -0.4 is 10.6 Å². The number of carbonyl (C=O) groups is 1. The number of carbonyl (C=O) groups excluding carboxylic acids is 1. The molecule has 0 spiro atoms. The van der Waals surface area contributed by atoms with Gasteiger partial charge in [0.05, 0.1) is 21.6 Å². The maximum atomic E-state index is 11.6. The zero-order valence-corrected chi connectivity index (χ0v) is 14.0. The largest absolute Gasteiger partial charge is 0.355 e. The summed E-state index contributed by atoms with van der Waals surface area (Å²) in [6.45, 7) is 6.91. The Hall–Kier alpha value is -0.480. The number of hydrogen-bond acceptors (Lipinski definition) is 2. The summed E-state index contributed by atoms with van der Waals surface area (Å²) in [5.41, 5.74) is 0.817. The Morgan fingerprint density at radius 3 is 2.40 bits per heavy atom. The molecule has 0 aliphatic rings. The molecule has 0 saturated heterocycles. The van der Waals surface area contributed by atoms with Crippen LogP contribution in [0.1, 0.15) is 32.4 Å². The third kappa shape index (κ3) is 5.13. The van der Waals surface area contributed by atoms with E-state index in [0.29, 0.717) is 27.5 Å². The van der Waals surface area contributed by atoms with Crippen LogP contribution in [0.25, 0.3) is 0 Å². The Balaban J connectivity index is 2.57. The molecule has 3 nitrogen and oxygen atoms in total. The molecule has 0 aliphatic carbocycles. The SMILES string of the molecule is CC(C)CNC(=O)CNC(C)c1ccc(Cl)c(Cl)c1Cl. The molecule has 2 N–H and O–H groups in total. The van der Waals surface area contributed by atoms with E-state index in [4.69, 9.17) is 34.8 Å². The van der Waals surface area contributed by atoms with Gasteiger partial charge in [0.25, 0.3) is 0 Å². The van der Waals surface area contributed by atoms with Gasteiger partial charge in [0, 0.05) is 12.6 Å². The molecule has 1 rings (SSSR count). The molecule has 1 aromatic carbocycles. The van der Waals surface area contributed by atoms with Crippen LogP contribution >= 0.6 is 34.8 Å². The molecule has 0 heterocycles. The lowest BCUT2D eigenvalue weighted by molar-refractivity contribution is -0.120. The van der Waals surface area contributed by atoms with Crippen LogP contribution in [-0.2, 0) is 4.79 Å². The molecule has 0 aliphatic heterocycles. The number of amides is 1. The fraction of sp³-hybridized carbons (Fsp3) is 0.500. The van der Waals surface area contributed by atoms with Crippen molar-refractivity contribution in [3.05, 3.63) is 32.8 Å². The van der Waals surface area contributed by atoms with Gasteiger partial charge in [-0.2, -0.15) is 0 Å². The number of benzene rings is 1. The predicted octanol–water partition coefficient (Wildman–Crippen LogP) is 4.07. The zero-order chi connectivity index (χ0) is 15.3. The molecule has 0 bridgehead atoms. The van der Waals surface area contributed by atoms with Crippen LogP contribution in [0.3, 0.4) is 0 Å². The molecule has 20 heavy (non-hydrogen) atoms. The van der Waals surface area contributed by atoms with Crippen molar-refractivity contribution in [3.8, 4) is 0 Å². The molecular weight excluding hydrogens is 319 g/mol. The van der Waals surface area contributed by atoms with Gasteiger partial charge in [-0.25, -0.2) is 0 Å². The van der Waals surface area contributed by atoms with E-state index in [2.05, 4.69) is 10.6 Å². The number of rotatable bonds is 6. The van der Waals surface area contributed by atoms with Gasteiger partial charge in [0.2, 0.25) is 5.91 Å². The Morgan fingerprint density at radius 2 is 1.80 bits per heavy atom. The van der Waals surface area contributed by atoms with Crippen molar-refractivity contribution >= 4 is 40.7 Å². The summed E-state index contributed by atoms with van der Waals surface area (Å²) in [7, 11) is 0. The summed E-state index contributed by atoms with van der Waals surface area (Å²) in [5, 5.41) is 7.13. The highest BCUT2D eigenvalue weighted by Crippen LogP contribution is 2.35. The quantitative estimate of drug-likeness (QED) is 0.768. The third-order valence-electron chi connectivity index (χ3n) is 2.81. The van der Waals surface area contributed by atoms with Gasteiger partial charge in [-0.1, -0.05) is 54.7 Å². The minimum Gasteiger partial charge on any atom is -0.355 e. The van der Waals surface area contributed by atoms with E-state index in [9.17, 15) is 4.79 Å². The summed E-state index contributed by atoms with van der Waals surface area (Å²) in [6, 6.07) is 3.41. The Bertz CT molecular complexity index is 478. The summed E-state index contributed by atoms with van der Waals surface area (Å²) >= 11 is 18.0. The van der Waals surface area contributed by atoms with E-state index >= 15 is 0 Å². The highest BCUT2D eigenvalue weighted by atomic mass is 35.5. The molecule has 6 heteroatoms. The summed E-state index contributed by atoms with van der Waals surface area (Å²) in [5.74, 6) is 0.391. The smallest absolute Gasteiger partial charge is 0.233 e. The normalized spacial score (nSPS) is 12.6. The maximum absolute atomic E-state index is 11.6. The monoisotopic (exact) mass is 336 g/mol. The first-order valence-corrected chi connectivity index (χ1v) is 7.59. The molecule has 1 atom stereocenters. The van der Waals surface area contributed by atoms with Gasteiger partial charge in [-0.05, 0) is 24.5 Å². The third-order valence-corrected chi connectivity index (χ3v) is 4.12. The average Bonchev–Trinajstić information content (AvgIpc) is 2.40. The number of hydrogen-bond donors (Lipinski definition) is 2. The van der Waals surface area contributed by atoms with E-state index in [1.807, 2.05) is 20.8 Å². The second-order valence-electron chi connectivity index (χ2n) is 5.07. The van der Waals surface area contributed by atoms with E-state index in [1.165, 1.54) is 0 Å². The molecule has 0 saturated carbocycles. The van der Waals surface area contributed by atoms with Crippen LogP contribution in [0.5, 0.6) is 0 Å². The molecule has 0 aromatic heterocycles. The van der Waals surface area contributed by atoms with Gasteiger partial charge in [-0.3, -0.25) is 4.79 Å². The molecule has 112 valence electrons. The lowest BCUT2D eigenvalue weighted by atomic mass is 10.1. The fourth-order valence-electron chi connectivity index (χ4n) is 1.61. The first-order valence-electron chi connectivity index (χ1n) is 6.46. The topological polar surface area (TPSA) is 41.1 Å². The van der Waals surface area contributed by atoms with Crippen molar-refractivity contribution in [2.24, 2.45) is 5.92 Å². The van der Waals surface area contributed by atoms with E-state index in [1.54, 1.807) is 12.1 Å². The molecular formula is C14H19Cl3N2O. The van der Waals surface area contributed by atoms with E-state index in [-0.39, 0.29) is 18.5 Å². The molecule has 1 amide bonds. The number of nitrogens with one attached hydrogen (secondary N) is 2. The second-order valence-corrected chi connectivity index (χ2v) is 6.23. The maximum Gasteiger partial charge on any atom is 0.233 e. The number of halogens is 3. The zero-order valence-electron chi connectivity index (χ0n) is 11.8. The van der Waals surface area contributed by atoms with Gasteiger partial charge in [0.15, 0.2) is 0 Å². The highest BCUT2D eigenvalue weighted by molar-refractivity contribution is 6.48. The molecule has 1 unspecified atom stereocenters. The molecule has 0 radical (unpaired) electrons. The summed E-state index contributed by atoms with van der Waals surface area (Å²) in [6.07, 6.45) is 0. The highest BCUT2D eigenvalue weighted by Gasteiger charge is 2.15. The Kier molecular flexibility index (Phi) is 7.10.